The van der Waals surface area contributed by atoms with E-state index in [1.54, 1.807) is 13.0 Å². The number of carbonyl (C=O) groups is 2. The van der Waals surface area contributed by atoms with Crippen LogP contribution in [-0.4, -0.2) is 31.1 Å². The predicted molar refractivity (Wildman–Crippen MR) is 91.6 cm³/mol. The molecule has 1 aliphatic heterocycles. The van der Waals surface area contributed by atoms with Gasteiger partial charge in [0.1, 0.15) is 5.70 Å². The molecule has 0 fully saturated rings. The van der Waals surface area contributed by atoms with Crippen LogP contribution in [0.3, 0.4) is 0 Å². The lowest BCUT2D eigenvalue weighted by Gasteiger charge is -2.29. The molecule has 1 unspecified atom stereocenters. The van der Waals surface area contributed by atoms with Crippen molar-refractivity contribution in [1.29, 1.82) is 0 Å². The first kappa shape index (κ1) is 18.7. The smallest absolute Gasteiger partial charge is 0.337 e. The van der Waals surface area contributed by atoms with Crippen molar-refractivity contribution in [3.05, 3.63) is 62.5 Å². The third kappa shape index (κ3) is 3.28. The molecule has 0 aromatic heterocycles. The number of ether oxygens (including phenoxy) is 2. The molecule has 1 aromatic rings. The van der Waals surface area contributed by atoms with E-state index in [2.05, 4.69) is 11.2 Å². The minimum atomic E-state index is -0.970. The van der Waals surface area contributed by atoms with Crippen molar-refractivity contribution in [1.82, 2.24) is 5.32 Å². The number of hydrogen-bond acceptors (Lipinski definition) is 7. The molecule has 0 radical (unpaired) electrons. The number of non-ortho nitro benzene ring substituents is 1. The summed E-state index contributed by atoms with van der Waals surface area (Å²) in [6.07, 6.45) is 5.50. The Balaban J connectivity index is 2.79. The van der Waals surface area contributed by atoms with Crippen LogP contribution in [0.25, 0.3) is 0 Å². The number of nitrogens with one attached hydrogen (secondary N) is 1. The molecule has 26 heavy (non-hydrogen) atoms. The molecule has 1 heterocycles. The van der Waals surface area contributed by atoms with Crippen LogP contribution in [0.1, 0.15) is 18.4 Å². The van der Waals surface area contributed by atoms with Gasteiger partial charge >= 0.3 is 11.9 Å². The molecule has 1 aliphatic rings. The first-order valence-electron chi connectivity index (χ1n) is 7.45. The maximum absolute atomic E-state index is 12.4. The van der Waals surface area contributed by atoms with Gasteiger partial charge in [0.05, 0.1) is 36.2 Å². The van der Waals surface area contributed by atoms with E-state index in [0.717, 1.165) is 0 Å². The molecule has 1 N–H and O–H groups in total. The number of nitro benzene ring substituents is 1. The van der Waals surface area contributed by atoms with E-state index in [1.165, 1.54) is 32.4 Å². The molecule has 1 aromatic carbocycles. The monoisotopic (exact) mass is 356 g/mol. The Morgan fingerprint density at radius 3 is 2.38 bits per heavy atom. The summed E-state index contributed by atoms with van der Waals surface area (Å²) in [6.45, 7) is 1.60. The van der Waals surface area contributed by atoms with Crippen LogP contribution in [0.15, 0.2) is 46.8 Å². The van der Waals surface area contributed by atoms with Crippen molar-refractivity contribution in [3.8, 4) is 12.3 Å². The first-order chi connectivity index (χ1) is 12.3. The van der Waals surface area contributed by atoms with E-state index in [4.69, 9.17) is 15.9 Å². The summed E-state index contributed by atoms with van der Waals surface area (Å²) in [5.74, 6) is -0.0531. The number of hydrogen-bond donors (Lipinski definition) is 1. The molecule has 0 saturated heterocycles. The number of rotatable bonds is 4. The van der Waals surface area contributed by atoms with Crippen LogP contribution in [-0.2, 0) is 19.1 Å². The van der Waals surface area contributed by atoms with Crippen molar-refractivity contribution in [3.63, 3.8) is 0 Å². The van der Waals surface area contributed by atoms with Crippen LogP contribution < -0.4 is 5.32 Å². The van der Waals surface area contributed by atoms with Gasteiger partial charge in [-0.3, -0.25) is 10.1 Å². The summed E-state index contributed by atoms with van der Waals surface area (Å²) >= 11 is 0. The number of nitro groups is 1. The van der Waals surface area contributed by atoms with Crippen LogP contribution in [0, 0.1) is 22.5 Å². The number of methoxy groups -OCH3 is 2. The van der Waals surface area contributed by atoms with E-state index in [-0.39, 0.29) is 22.5 Å². The molecule has 0 aliphatic carbocycles. The molecule has 0 amide bonds. The number of carbonyl (C=O) groups excluding carboxylic acids is 2. The van der Waals surface area contributed by atoms with Crippen LogP contribution >= 0.6 is 0 Å². The fourth-order valence-electron chi connectivity index (χ4n) is 2.80. The third-order valence-electron chi connectivity index (χ3n) is 3.93. The fourth-order valence-corrected chi connectivity index (χ4v) is 2.80. The summed E-state index contributed by atoms with van der Waals surface area (Å²) in [5, 5.41) is 13.9. The summed E-state index contributed by atoms with van der Waals surface area (Å²) in [7, 11) is 2.38. The number of esters is 2. The average molecular weight is 356 g/mol. The Morgan fingerprint density at radius 1 is 1.23 bits per heavy atom. The minimum absolute atomic E-state index is 0.00139. The van der Waals surface area contributed by atoms with Gasteiger partial charge in [0.15, 0.2) is 0 Å². The van der Waals surface area contributed by atoms with Gasteiger partial charge < -0.3 is 14.8 Å². The van der Waals surface area contributed by atoms with Gasteiger partial charge in [-0.2, -0.15) is 0 Å². The zero-order valence-electron chi connectivity index (χ0n) is 14.4. The molecule has 0 bridgehead atoms. The Labute approximate surface area is 149 Å². The lowest BCUT2D eigenvalue weighted by molar-refractivity contribution is -0.384. The van der Waals surface area contributed by atoms with Gasteiger partial charge in [-0.15, -0.1) is 6.42 Å². The summed E-state index contributed by atoms with van der Waals surface area (Å²) in [6, 6.07) is 5.62. The van der Waals surface area contributed by atoms with Crippen molar-refractivity contribution in [2.75, 3.05) is 14.2 Å². The Bertz CT molecular complexity index is 891. The molecular formula is C18H16N2O6. The van der Waals surface area contributed by atoms with Crippen molar-refractivity contribution in [2.24, 2.45) is 0 Å². The van der Waals surface area contributed by atoms with E-state index in [1.807, 2.05) is 0 Å². The van der Waals surface area contributed by atoms with Crippen LogP contribution in [0.4, 0.5) is 5.69 Å². The summed E-state index contributed by atoms with van der Waals surface area (Å²) in [5.41, 5.74) is 0.782. The molecular weight excluding hydrogens is 340 g/mol. The number of benzene rings is 1. The molecule has 8 nitrogen and oxygen atoms in total. The maximum atomic E-state index is 12.4. The zero-order chi connectivity index (χ0) is 19.4. The quantitative estimate of drug-likeness (QED) is 0.379. The third-order valence-corrected chi connectivity index (χ3v) is 3.93. The second-order valence-corrected chi connectivity index (χ2v) is 5.36. The van der Waals surface area contributed by atoms with Crippen molar-refractivity contribution >= 4 is 17.6 Å². The van der Waals surface area contributed by atoms with Gasteiger partial charge in [0, 0.05) is 17.8 Å². The Hall–Kier alpha value is -3.60. The lowest BCUT2D eigenvalue weighted by Crippen LogP contribution is -2.32. The SMILES string of the molecule is C#CC1=C(C(=O)OC)C(c2cccc([N+](=O)[O-])c2)C(C(=O)OC)=C(C)N1. The molecule has 2 rings (SSSR count). The molecule has 0 saturated carbocycles. The van der Waals surface area contributed by atoms with E-state index in [9.17, 15) is 19.7 Å². The van der Waals surface area contributed by atoms with Gasteiger partial charge in [0.2, 0.25) is 0 Å². The second kappa shape index (κ2) is 7.53. The number of allylic oxidation sites excluding steroid dienone is 2. The fraction of sp³-hybridized carbons (Fsp3) is 0.222. The standard InChI is InChI=1S/C18H16N2O6/c1-5-13-16(18(22)26-4)15(14(10(2)19-13)17(21)25-3)11-7-6-8-12(9-11)20(23)24/h1,6-9,15,19H,2-4H3. The number of nitrogens with zero attached hydrogens (tertiary/aromatic N) is 1. The van der Waals surface area contributed by atoms with Gasteiger partial charge in [-0.05, 0) is 12.5 Å². The number of dihydropyridines is 1. The average Bonchev–Trinajstić information content (AvgIpc) is 2.65. The maximum Gasteiger partial charge on any atom is 0.337 e. The Kier molecular flexibility index (Phi) is 5.42. The minimum Gasteiger partial charge on any atom is -0.466 e. The van der Waals surface area contributed by atoms with Crippen molar-refractivity contribution < 1.29 is 24.0 Å². The highest BCUT2D eigenvalue weighted by atomic mass is 16.6. The second-order valence-electron chi connectivity index (χ2n) is 5.36. The number of terminal acetylenes is 1. The highest BCUT2D eigenvalue weighted by Gasteiger charge is 2.38. The zero-order valence-corrected chi connectivity index (χ0v) is 14.4. The molecule has 1 atom stereocenters. The van der Waals surface area contributed by atoms with Gasteiger partial charge in [0.25, 0.3) is 5.69 Å². The van der Waals surface area contributed by atoms with Gasteiger partial charge in [-0.25, -0.2) is 9.59 Å². The summed E-state index contributed by atoms with van der Waals surface area (Å²) < 4.78 is 9.63. The van der Waals surface area contributed by atoms with Gasteiger partial charge in [-0.1, -0.05) is 18.1 Å². The highest BCUT2D eigenvalue weighted by molar-refractivity contribution is 6.00. The molecule has 0 spiro atoms. The van der Waals surface area contributed by atoms with Crippen LogP contribution in [0.2, 0.25) is 0 Å². The highest BCUT2D eigenvalue weighted by Crippen LogP contribution is 2.39. The largest absolute Gasteiger partial charge is 0.466 e. The predicted octanol–water partition coefficient (Wildman–Crippen LogP) is 1.79. The Morgan fingerprint density at radius 2 is 1.85 bits per heavy atom. The molecule has 134 valence electrons. The topological polar surface area (TPSA) is 108 Å². The normalized spacial score (nSPS) is 16.5. The van der Waals surface area contributed by atoms with E-state index in [0.29, 0.717) is 11.3 Å². The first-order valence-corrected chi connectivity index (χ1v) is 7.45. The molecule has 8 heteroatoms. The van der Waals surface area contributed by atoms with E-state index >= 15 is 0 Å². The summed E-state index contributed by atoms with van der Waals surface area (Å²) in [4.78, 5) is 35.3. The van der Waals surface area contributed by atoms with Crippen molar-refractivity contribution in [2.45, 2.75) is 12.8 Å². The van der Waals surface area contributed by atoms with E-state index < -0.39 is 22.8 Å². The van der Waals surface area contributed by atoms with Crippen LogP contribution in [0.5, 0.6) is 0 Å². The lowest BCUT2D eigenvalue weighted by atomic mass is 9.80.